The Hall–Kier alpha value is -1.71. The Balaban J connectivity index is 1.86. The number of aliphatic hydroxyl groups excluding tert-OH is 1. The van der Waals surface area contributed by atoms with E-state index in [1.165, 1.54) is 0 Å². The van der Waals surface area contributed by atoms with E-state index in [4.69, 9.17) is 21.1 Å². The van der Waals surface area contributed by atoms with Crippen LogP contribution in [0.25, 0.3) is 0 Å². The third-order valence-corrected chi connectivity index (χ3v) is 3.61. The topological polar surface area (TPSA) is 38.7 Å². The molecule has 0 aliphatic carbocycles. The van der Waals surface area contributed by atoms with E-state index in [1.54, 1.807) is 7.11 Å². The summed E-state index contributed by atoms with van der Waals surface area (Å²) in [6, 6.07) is 15.0. The number of benzene rings is 2. The highest BCUT2D eigenvalue weighted by Gasteiger charge is 2.10. The lowest BCUT2D eigenvalue weighted by Crippen LogP contribution is -2.09. The summed E-state index contributed by atoms with van der Waals surface area (Å²) >= 11 is 5.87. The molecule has 0 aromatic heterocycles. The van der Waals surface area contributed by atoms with Gasteiger partial charge in [-0.2, -0.15) is 0 Å². The van der Waals surface area contributed by atoms with Gasteiger partial charge >= 0.3 is 0 Å². The molecule has 0 amide bonds. The van der Waals surface area contributed by atoms with Crippen LogP contribution in [0.15, 0.2) is 48.5 Å². The number of rotatable bonds is 7. The average Bonchev–Trinajstić information content (AvgIpc) is 2.53. The maximum Gasteiger partial charge on any atom is 0.119 e. The Labute approximate surface area is 130 Å². The smallest absolute Gasteiger partial charge is 0.119 e. The minimum atomic E-state index is 0.0560. The minimum Gasteiger partial charge on any atom is -0.497 e. The molecule has 0 aliphatic rings. The van der Waals surface area contributed by atoms with Gasteiger partial charge in [0.1, 0.15) is 11.5 Å². The number of halogens is 1. The van der Waals surface area contributed by atoms with Crippen LogP contribution in [-0.2, 0) is 0 Å². The number of aliphatic hydroxyl groups is 1. The number of hydrogen-bond donors (Lipinski definition) is 1. The number of methoxy groups -OCH3 is 1. The molecule has 0 bridgehead atoms. The molecule has 0 radical (unpaired) electrons. The van der Waals surface area contributed by atoms with Crippen molar-refractivity contribution in [1.29, 1.82) is 0 Å². The normalized spacial score (nSPS) is 12.0. The quantitative estimate of drug-likeness (QED) is 0.843. The monoisotopic (exact) mass is 306 g/mol. The molecule has 0 saturated carbocycles. The van der Waals surface area contributed by atoms with Gasteiger partial charge in [0.15, 0.2) is 0 Å². The molecule has 112 valence electrons. The summed E-state index contributed by atoms with van der Waals surface area (Å²) in [7, 11) is 1.63. The third-order valence-electron chi connectivity index (χ3n) is 3.36. The molecule has 1 N–H and O–H groups in total. The second-order valence-corrected chi connectivity index (χ2v) is 5.18. The van der Waals surface area contributed by atoms with Crippen LogP contribution in [0.1, 0.15) is 17.9 Å². The van der Waals surface area contributed by atoms with Gasteiger partial charge in [-0.15, -0.1) is 0 Å². The van der Waals surface area contributed by atoms with Gasteiger partial charge in [-0.3, -0.25) is 0 Å². The predicted octanol–water partition coefficient (Wildman–Crippen LogP) is 3.89. The number of ether oxygens (including phenoxy) is 2. The molecular formula is C17H19ClO3. The van der Waals surface area contributed by atoms with Crippen LogP contribution in [0.4, 0.5) is 0 Å². The maximum absolute atomic E-state index is 9.51. The Bertz CT molecular complexity index is 537. The predicted molar refractivity (Wildman–Crippen MR) is 84.4 cm³/mol. The molecule has 2 aromatic carbocycles. The minimum absolute atomic E-state index is 0.0560. The van der Waals surface area contributed by atoms with Crippen LogP contribution >= 0.6 is 11.6 Å². The van der Waals surface area contributed by atoms with E-state index in [0.29, 0.717) is 11.6 Å². The highest BCUT2D eigenvalue weighted by Crippen LogP contribution is 2.22. The zero-order chi connectivity index (χ0) is 15.1. The largest absolute Gasteiger partial charge is 0.497 e. The zero-order valence-electron chi connectivity index (χ0n) is 12.0. The van der Waals surface area contributed by atoms with Crippen molar-refractivity contribution in [3.63, 3.8) is 0 Å². The first-order valence-corrected chi connectivity index (χ1v) is 7.24. The van der Waals surface area contributed by atoms with Gasteiger partial charge in [0.25, 0.3) is 0 Å². The Morgan fingerprint density at radius 2 is 1.62 bits per heavy atom. The summed E-state index contributed by atoms with van der Waals surface area (Å²) in [6.45, 7) is 0.633. The first-order chi connectivity index (χ1) is 10.2. The second kappa shape index (κ2) is 7.91. The molecule has 21 heavy (non-hydrogen) atoms. The molecule has 1 unspecified atom stereocenters. The van der Waals surface area contributed by atoms with Crippen molar-refractivity contribution < 1.29 is 14.6 Å². The molecule has 3 nitrogen and oxygen atoms in total. The molecule has 1 atom stereocenters. The summed E-state index contributed by atoms with van der Waals surface area (Å²) in [5, 5.41) is 10.2. The molecule has 0 spiro atoms. The van der Waals surface area contributed by atoms with Crippen molar-refractivity contribution in [2.75, 3.05) is 20.3 Å². The Morgan fingerprint density at radius 1 is 1.00 bits per heavy atom. The van der Waals surface area contributed by atoms with E-state index in [9.17, 15) is 5.11 Å². The van der Waals surface area contributed by atoms with Crippen molar-refractivity contribution in [1.82, 2.24) is 0 Å². The zero-order valence-corrected chi connectivity index (χ0v) is 12.7. The van der Waals surface area contributed by atoms with Gasteiger partial charge < -0.3 is 14.6 Å². The SMILES string of the molecule is COc1ccc(OCCC(CO)c2ccc(Cl)cc2)cc1. The molecule has 0 saturated heterocycles. The fourth-order valence-corrected chi connectivity index (χ4v) is 2.22. The first-order valence-electron chi connectivity index (χ1n) is 6.86. The van der Waals surface area contributed by atoms with E-state index in [0.717, 1.165) is 23.5 Å². The van der Waals surface area contributed by atoms with Crippen molar-refractivity contribution in [2.45, 2.75) is 12.3 Å². The summed E-state index contributed by atoms with van der Waals surface area (Å²) in [5.74, 6) is 1.65. The van der Waals surface area contributed by atoms with Gasteiger partial charge in [0.2, 0.25) is 0 Å². The van der Waals surface area contributed by atoms with Crippen molar-refractivity contribution in [3.05, 3.63) is 59.1 Å². The van der Waals surface area contributed by atoms with Crippen LogP contribution in [0.3, 0.4) is 0 Å². The van der Waals surface area contributed by atoms with Gasteiger partial charge in [0, 0.05) is 10.9 Å². The average molecular weight is 307 g/mol. The fourth-order valence-electron chi connectivity index (χ4n) is 2.09. The summed E-state index contributed by atoms with van der Waals surface area (Å²) < 4.78 is 10.8. The van der Waals surface area contributed by atoms with Gasteiger partial charge in [0.05, 0.1) is 20.3 Å². The van der Waals surface area contributed by atoms with E-state index in [1.807, 2.05) is 48.5 Å². The van der Waals surface area contributed by atoms with E-state index >= 15 is 0 Å². The highest BCUT2D eigenvalue weighted by atomic mass is 35.5. The maximum atomic E-state index is 9.51. The fraction of sp³-hybridized carbons (Fsp3) is 0.294. The van der Waals surface area contributed by atoms with Gasteiger partial charge in [-0.1, -0.05) is 23.7 Å². The number of hydrogen-bond acceptors (Lipinski definition) is 3. The standard InChI is InChI=1S/C17H19ClO3/c1-20-16-6-8-17(9-7-16)21-11-10-14(12-19)13-2-4-15(18)5-3-13/h2-9,14,19H,10-12H2,1H3. The van der Waals surface area contributed by atoms with Crippen LogP contribution in [0.2, 0.25) is 5.02 Å². The van der Waals surface area contributed by atoms with Gasteiger partial charge in [-0.05, 0) is 48.4 Å². The molecule has 0 fully saturated rings. The molecular weight excluding hydrogens is 288 g/mol. The van der Waals surface area contributed by atoms with E-state index < -0.39 is 0 Å². The van der Waals surface area contributed by atoms with Crippen LogP contribution in [0.5, 0.6) is 11.5 Å². The van der Waals surface area contributed by atoms with Crippen LogP contribution < -0.4 is 9.47 Å². The first kappa shape index (κ1) is 15.7. The van der Waals surface area contributed by atoms with Crippen molar-refractivity contribution in [2.24, 2.45) is 0 Å². The van der Waals surface area contributed by atoms with Crippen LogP contribution in [0, 0.1) is 0 Å². The van der Waals surface area contributed by atoms with E-state index in [-0.39, 0.29) is 12.5 Å². The van der Waals surface area contributed by atoms with Gasteiger partial charge in [-0.25, -0.2) is 0 Å². The van der Waals surface area contributed by atoms with Crippen molar-refractivity contribution in [3.8, 4) is 11.5 Å². The lowest BCUT2D eigenvalue weighted by molar-refractivity contribution is 0.229. The van der Waals surface area contributed by atoms with E-state index in [2.05, 4.69) is 0 Å². The van der Waals surface area contributed by atoms with Crippen LogP contribution in [-0.4, -0.2) is 25.4 Å². The lowest BCUT2D eigenvalue weighted by atomic mass is 9.97. The third kappa shape index (κ3) is 4.66. The summed E-state index contributed by atoms with van der Waals surface area (Å²) in [6.07, 6.45) is 0.740. The Morgan fingerprint density at radius 3 is 2.19 bits per heavy atom. The molecule has 4 heteroatoms. The molecule has 0 aliphatic heterocycles. The second-order valence-electron chi connectivity index (χ2n) is 4.74. The molecule has 2 aromatic rings. The molecule has 2 rings (SSSR count). The lowest BCUT2D eigenvalue weighted by Gasteiger charge is -2.15. The molecule has 0 heterocycles. The Kier molecular flexibility index (Phi) is 5.90. The summed E-state index contributed by atoms with van der Waals surface area (Å²) in [5.41, 5.74) is 1.07. The highest BCUT2D eigenvalue weighted by molar-refractivity contribution is 6.30. The summed E-state index contributed by atoms with van der Waals surface area (Å²) in [4.78, 5) is 0. The van der Waals surface area contributed by atoms with Crippen molar-refractivity contribution >= 4 is 11.6 Å².